The Morgan fingerprint density at radius 2 is 1.79 bits per heavy atom. The molecule has 104 valence electrons. The zero-order valence-corrected chi connectivity index (χ0v) is 11.3. The SMILES string of the molecule is CCN(C(=O)C(C)C(=O)O)C(C)c1ccc(F)cc1. The molecule has 0 saturated carbocycles. The minimum atomic E-state index is -1.14. The molecule has 0 aliphatic heterocycles. The third-order valence-electron chi connectivity index (χ3n) is 3.18. The Kier molecular flexibility index (Phi) is 5.03. The molecule has 1 amide bonds. The lowest BCUT2D eigenvalue weighted by molar-refractivity contribution is -0.151. The summed E-state index contributed by atoms with van der Waals surface area (Å²) in [5.41, 5.74) is 0.772. The molecule has 0 aliphatic carbocycles. The van der Waals surface area contributed by atoms with Crippen molar-refractivity contribution < 1.29 is 19.1 Å². The fourth-order valence-corrected chi connectivity index (χ4v) is 1.90. The topological polar surface area (TPSA) is 57.6 Å². The zero-order valence-electron chi connectivity index (χ0n) is 11.3. The molecule has 0 aromatic heterocycles. The van der Waals surface area contributed by atoms with Crippen LogP contribution in [0, 0.1) is 11.7 Å². The number of hydrogen-bond acceptors (Lipinski definition) is 2. The summed E-state index contributed by atoms with van der Waals surface area (Å²) in [4.78, 5) is 24.4. The molecule has 0 radical (unpaired) electrons. The molecule has 0 bridgehead atoms. The van der Waals surface area contributed by atoms with Crippen molar-refractivity contribution in [3.05, 3.63) is 35.6 Å². The van der Waals surface area contributed by atoms with Gasteiger partial charge in [0.05, 0.1) is 6.04 Å². The number of nitrogens with zero attached hydrogens (tertiary/aromatic N) is 1. The lowest BCUT2D eigenvalue weighted by atomic mass is 10.0. The van der Waals surface area contributed by atoms with Crippen molar-refractivity contribution in [1.29, 1.82) is 0 Å². The van der Waals surface area contributed by atoms with E-state index in [-0.39, 0.29) is 11.9 Å². The van der Waals surface area contributed by atoms with Crippen LogP contribution in [0.1, 0.15) is 32.4 Å². The van der Waals surface area contributed by atoms with E-state index in [2.05, 4.69) is 0 Å². The number of rotatable bonds is 5. The summed E-state index contributed by atoms with van der Waals surface area (Å²) in [6.45, 7) is 5.34. The molecular formula is C14H18FNO3. The van der Waals surface area contributed by atoms with Gasteiger partial charge in [-0.3, -0.25) is 9.59 Å². The Labute approximate surface area is 111 Å². The molecule has 0 spiro atoms. The van der Waals surface area contributed by atoms with Gasteiger partial charge in [-0.1, -0.05) is 12.1 Å². The third-order valence-corrected chi connectivity index (χ3v) is 3.18. The maximum atomic E-state index is 12.9. The maximum absolute atomic E-state index is 12.9. The molecule has 2 atom stereocenters. The number of aliphatic carboxylic acids is 1. The Bertz CT molecular complexity index is 458. The summed E-state index contributed by atoms with van der Waals surface area (Å²) < 4.78 is 12.9. The standard InChI is InChI=1S/C14H18FNO3/c1-4-16(13(17)9(2)14(18)19)10(3)11-5-7-12(15)8-6-11/h5-10H,4H2,1-3H3,(H,18,19). The molecule has 2 unspecified atom stereocenters. The maximum Gasteiger partial charge on any atom is 0.315 e. The van der Waals surface area contributed by atoms with Crippen LogP contribution in [0.5, 0.6) is 0 Å². The minimum Gasteiger partial charge on any atom is -0.481 e. The van der Waals surface area contributed by atoms with E-state index in [0.29, 0.717) is 6.54 Å². The van der Waals surface area contributed by atoms with Gasteiger partial charge < -0.3 is 10.0 Å². The highest BCUT2D eigenvalue weighted by atomic mass is 19.1. The van der Waals surface area contributed by atoms with Crippen molar-refractivity contribution >= 4 is 11.9 Å². The first-order valence-corrected chi connectivity index (χ1v) is 6.17. The monoisotopic (exact) mass is 267 g/mol. The molecule has 1 N–H and O–H groups in total. The third kappa shape index (κ3) is 3.53. The van der Waals surface area contributed by atoms with Crippen LogP contribution in [0.2, 0.25) is 0 Å². The van der Waals surface area contributed by atoms with Crippen LogP contribution in [-0.4, -0.2) is 28.4 Å². The Hall–Kier alpha value is -1.91. The Morgan fingerprint density at radius 3 is 2.21 bits per heavy atom. The predicted octanol–water partition coefficient (Wildman–Crippen LogP) is 2.46. The first kappa shape index (κ1) is 15.1. The van der Waals surface area contributed by atoms with Gasteiger partial charge >= 0.3 is 5.97 Å². The molecule has 0 saturated heterocycles. The van der Waals surface area contributed by atoms with Crippen molar-refractivity contribution in [1.82, 2.24) is 4.90 Å². The fourth-order valence-electron chi connectivity index (χ4n) is 1.90. The Balaban J connectivity index is 2.93. The van der Waals surface area contributed by atoms with Crippen LogP contribution in [-0.2, 0) is 9.59 Å². The van der Waals surface area contributed by atoms with E-state index < -0.39 is 17.8 Å². The van der Waals surface area contributed by atoms with Crippen molar-refractivity contribution in [3.8, 4) is 0 Å². The zero-order chi connectivity index (χ0) is 14.6. The second-order valence-corrected chi connectivity index (χ2v) is 4.41. The second kappa shape index (κ2) is 6.31. The lowest BCUT2D eigenvalue weighted by Gasteiger charge is -2.29. The number of benzene rings is 1. The van der Waals surface area contributed by atoms with Gasteiger partial charge in [0.25, 0.3) is 0 Å². The van der Waals surface area contributed by atoms with E-state index in [1.54, 1.807) is 26.0 Å². The number of carbonyl (C=O) groups excluding carboxylic acids is 1. The number of halogens is 1. The van der Waals surface area contributed by atoms with E-state index in [1.807, 2.05) is 0 Å². The molecule has 19 heavy (non-hydrogen) atoms. The summed E-state index contributed by atoms with van der Waals surface area (Å²) in [6, 6.07) is 5.55. The van der Waals surface area contributed by atoms with Crippen molar-refractivity contribution in [2.75, 3.05) is 6.54 Å². The minimum absolute atomic E-state index is 0.292. The van der Waals surface area contributed by atoms with Gasteiger partial charge in [0.1, 0.15) is 11.7 Å². The summed E-state index contributed by atoms with van der Waals surface area (Å²) in [7, 11) is 0. The molecule has 1 aromatic carbocycles. The molecule has 0 aliphatic rings. The van der Waals surface area contributed by atoms with E-state index in [9.17, 15) is 14.0 Å². The number of amides is 1. The summed E-state index contributed by atoms with van der Waals surface area (Å²) >= 11 is 0. The molecular weight excluding hydrogens is 249 g/mol. The highest BCUT2D eigenvalue weighted by Gasteiger charge is 2.28. The van der Waals surface area contributed by atoms with Gasteiger partial charge in [0.2, 0.25) is 5.91 Å². The van der Waals surface area contributed by atoms with Gasteiger partial charge in [-0.25, -0.2) is 4.39 Å². The average Bonchev–Trinajstić information content (AvgIpc) is 2.38. The average molecular weight is 267 g/mol. The molecule has 1 aromatic rings. The molecule has 1 rings (SSSR count). The van der Waals surface area contributed by atoms with Crippen molar-refractivity contribution in [2.45, 2.75) is 26.8 Å². The predicted molar refractivity (Wildman–Crippen MR) is 69.0 cm³/mol. The van der Waals surface area contributed by atoms with Crippen LogP contribution in [0.4, 0.5) is 4.39 Å². The lowest BCUT2D eigenvalue weighted by Crippen LogP contribution is -2.39. The fraction of sp³-hybridized carbons (Fsp3) is 0.429. The van der Waals surface area contributed by atoms with Crippen LogP contribution < -0.4 is 0 Å². The number of hydrogen-bond donors (Lipinski definition) is 1. The van der Waals surface area contributed by atoms with Gasteiger partial charge in [-0.15, -0.1) is 0 Å². The van der Waals surface area contributed by atoms with E-state index in [1.165, 1.54) is 24.0 Å². The van der Waals surface area contributed by atoms with Gasteiger partial charge in [0, 0.05) is 6.54 Å². The van der Waals surface area contributed by atoms with Crippen LogP contribution in [0.3, 0.4) is 0 Å². The Morgan fingerprint density at radius 1 is 1.26 bits per heavy atom. The summed E-state index contributed by atoms with van der Waals surface area (Å²) in [5, 5.41) is 8.89. The number of carboxylic acid groups (broad SMARTS) is 1. The van der Waals surface area contributed by atoms with E-state index in [4.69, 9.17) is 5.11 Å². The van der Waals surface area contributed by atoms with E-state index >= 15 is 0 Å². The molecule has 0 fully saturated rings. The van der Waals surface area contributed by atoms with Gasteiger partial charge in [0.15, 0.2) is 0 Å². The molecule has 5 heteroatoms. The van der Waals surface area contributed by atoms with Crippen molar-refractivity contribution in [3.63, 3.8) is 0 Å². The van der Waals surface area contributed by atoms with Crippen molar-refractivity contribution in [2.24, 2.45) is 5.92 Å². The van der Waals surface area contributed by atoms with Gasteiger partial charge in [-0.05, 0) is 38.5 Å². The van der Waals surface area contributed by atoms with E-state index in [0.717, 1.165) is 5.56 Å². The van der Waals surface area contributed by atoms with Crippen LogP contribution >= 0.6 is 0 Å². The number of carbonyl (C=O) groups is 2. The highest BCUT2D eigenvalue weighted by molar-refractivity contribution is 5.96. The summed E-state index contributed by atoms with van der Waals surface area (Å²) in [5.74, 6) is -3.01. The normalized spacial score (nSPS) is 13.7. The summed E-state index contributed by atoms with van der Waals surface area (Å²) in [6.07, 6.45) is 0. The second-order valence-electron chi connectivity index (χ2n) is 4.41. The first-order valence-electron chi connectivity index (χ1n) is 6.17. The first-order chi connectivity index (χ1) is 8.88. The quantitative estimate of drug-likeness (QED) is 0.834. The number of carboxylic acids is 1. The van der Waals surface area contributed by atoms with Crippen LogP contribution in [0.15, 0.2) is 24.3 Å². The largest absolute Gasteiger partial charge is 0.481 e. The molecule has 4 nitrogen and oxygen atoms in total. The smallest absolute Gasteiger partial charge is 0.315 e. The van der Waals surface area contributed by atoms with Gasteiger partial charge in [-0.2, -0.15) is 0 Å². The van der Waals surface area contributed by atoms with Crippen LogP contribution in [0.25, 0.3) is 0 Å². The molecule has 0 heterocycles. The highest BCUT2D eigenvalue weighted by Crippen LogP contribution is 2.22.